The molecule has 1 atom stereocenters. The van der Waals surface area contributed by atoms with Gasteiger partial charge in [0.2, 0.25) is 17.6 Å². The lowest BCUT2D eigenvalue weighted by atomic mass is 10.0. The number of carbonyl (C=O) groups is 2. The highest BCUT2D eigenvalue weighted by molar-refractivity contribution is 5.88. The molecule has 2 N–H and O–H groups in total. The van der Waals surface area contributed by atoms with Crippen molar-refractivity contribution in [2.75, 3.05) is 13.2 Å². The Morgan fingerprint density at radius 1 is 1.24 bits per heavy atom. The van der Waals surface area contributed by atoms with Gasteiger partial charge >= 0.3 is 0 Å². The second kappa shape index (κ2) is 10.6. The topological polar surface area (TPSA) is 126 Å². The molecule has 1 aliphatic rings. The third-order valence-electron chi connectivity index (χ3n) is 5.80. The number of aryl methyl sites for hydroxylation is 1. The lowest BCUT2D eigenvalue weighted by Gasteiger charge is -2.31. The van der Waals surface area contributed by atoms with Crippen LogP contribution >= 0.6 is 0 Å². The molecule has 0 spiro atoms. The standard InChI is InChI=1S/C23H27FN6O4/c1-15-6-11-19(34-15)22-26-28-30(27-22)14-20(32)29(12-13-31)21(16-7-9-17(24)10-8-16)23(33)25-18-4-2-3-5-18/h6-11,18,21,31H,2-5,12-14H2,1H3,(H,25,33)/t21-/m1/s1. The Morgan fingerprint density at radius 3 is 2.62 bits per heavy atom. The number of hydrogen-bond acceptors (Lipinski definition) is 7. The van der Waals surface area contributed by atoms with Crippen molar-refractivity contribution >= 4 is 11.8 Å². The first-order valence-corrected chi connectivity index (χ1v) is 11.3. The Kier molecular flexibility index (Phi) is 7.31. The summed E-state index contributed by atoms with van der Waals surface area (Å²) in [5.41, 5.74) is 0.442. The van der Waals surface area contributed by atoms with Crippen molar-refractivity contribution in [3.05, 3.63) is 53.5 Å². The molecule has 1 saturated carbocycles. The van der Waals surface area contributed by atoms with E-state index in [1.54, 1.807) is 19.1 Å². The van der Waals surface area contributed by atoms with Crippen LogP contribution in [0.4, 0.5) is 4.39 Å². The number of benzene rings is 1. The highest BCUT2D eigenvalue weighted by atomic mass is 19.1. The van der Waals surface area contributed by atoms with Gasteiger partial charge < -0.3 is 19.7 Å². The summed E-state index contributed by atoms with van der Waals surface area (Å²) in [6.07, 6.45) is 3.79. The molecule has 0 aliphatic heterocycles. The average molecular weight is 471 g/mol. The number of halogens is 1. The molecule has 0 bridgehead atoms. The Labute approximate surface area is 195 Å². The van der Waals surface area contributed by atoms with Crippen LogP contribution in [0, 0.1) is 12.7 Å². The molecule has 180 valence electrons. The summed E-state index contributed by atoms with van der Waals surface area (Å²) in [4.78, 5) is 29.0. The number of hydrogen-bond donors (Lipinski definition) is 2. The summed E-state index contributed by atoms with van der Waals surface area (Å²) in [5.74, 6) is 0.00791. The highest BCUT2D eigenvalue weighted by Crippen LogP contribution is 2.25. The molecule has 10 nitrogen and oxygen atoms in total. The van der Waals surface area contributed by atoms with Crippen LogP contribution in [0.2, 0.25) is 0 Å². The number of aliphatic hydroxyl groups excluding tert-OH is 1. The van der Waals surface area contributed by atoms with Gasteiger partial charge in [0.25, 0.3) is 0 Å². The van der Waals surface area contributed by atoms with Crippen molar-refractivity contribution in [2.24, 2.45) is 0 Å². The van der Waals surface area contributed by atoms with Gasteiger partial charge in [-0.2, -0.15) is 4.80 Å². The number of rotatable bonds is 9. The maximum Gasteiger partial charge on any atom is 0.247 e. The molecular formula is C23H27FN6O4. The molecular weight excluding hydrogens is 443 g/mol. The second-order valence-electron chi connectivity index (χ2n) is 8.31. The molecule has 3 aromatic rings. The molecule has 1 fully saturated rings. The van der Waals surface area contributed by atoms with E-state index >= 15 is 0 Å². The van der Waals surface area contributed by atoms with Gasteiger partial charge in [0, 0.05) is 12.6 Å². The van der Waals surface area contributed by atoms with Crippen molar-refractivity contribution in [3.63, 3.8) is 0 Å². The summed E-state index contributed by atoms with van der Waals surface area (Å²) in [5, 5.41) is 24.7. The Balaban J connectivity index is 1.57. The van der Waals surface area contributed by atoms with Crippen LogP contribution in [-0.2, 0) is 16.1 Å². The lowest BCUT2D eigenvalue weighted by molar-refractivity contribution is -0.142. The van der Waals surface area contributed by atoms with E-state index in [1.165, 1.54) is 29.2 Å². The minimum absolute atomic E-state index is 0.0258. The number of tetrazole rings is 1. The molecule has 0 saturated heterocycles. The van der Waals surface area contributed by atoms with E-state index in [2.05, 4.69) is 20.7 Å². The van der Waals surface area contributed by atoms with E-state index in [0.717, 1.165) is 30.5 Å². The fourth-order valence-electron chi connectivity index (χ4n) is 4.15. The van der Waals surface area contributed by atoms with E-state index in [1.807, 2.05) is 0 Å². The first-order valence-electron chi connectivity index (χ1n) is 11.3. The van der Waals surface area contributed by atoms with Gasteiger partial charge in [0.15, 0.2) is 5.76 Å². The Morgan fingerprint density at radius 2 is 1.97 bits per heavy atom. The summed E-state index contributed by atoms with van der Waals surface area (Å²) in [6, 6.07) is 7.87. The lowest BCUT2D eigenvalue weighted by Crippen LogP contribution is -2.48. The molecule has 1 aromatic carbocycles. The van der Waals surface area contributed by atoms with Crippen molar-refractivity contribution < 1.29 is 23.5 Å². The molecule has 0 unspecified atom stereocenters. The predicted molar refractivity (Wildman–Crippen MR) is 119 cm³/mol. The van der Waals surface area contributed by atoms with E-state index in [9.17, 15) is 19.1 Å². The molecule has 1 aliphatic carbocycles. The zero-order valence-electron chi connectivity index (χ0n) is 18.9. The van der Waals surface area contributed by atoms with Crippen LogP contribution in [0.5, 0.6) is 0 Å². The van der Waals surface area contributed by atoms with Crippen LogP contribution in [0.3, 0.4) is 0 Å². The molecule has 2 heterocycles. The van der Waals surface area contributed by atoms with Gasteiger partial charge in [0.05, 0.1) is 6.61 Å². The highest BCUT2D eigenvalue weighted by Gasteiger charge is 2.33. The van der Waals surface area contributed by atoms with Gasteiger partial charge in [-0.05, 0) is 54.8 Å². The van der Waals surface area contributed by atoms with Gasteiger partial charge in [-0.25, -0.2) is 4.39 Å². The van der Waals surface area contributed by atoms with Crippen LogP contribution in [0.25, 0.3) is 11.6 Å². The summed E-state index contributed by atoms with van der Waals surface area (Å²) < 4.78 is 19.0. The maximum absolute atomic E-state index is 13.6. The first kappa shape index (κ1) is 23.6. The van der Waals surface area contributed by atoms with E-state index in [0.29, 0.717) is 17.1 Å². The SMILES string of the molecule is Cc1ccc(-c2nnn(CC(=O)N(CCO)[C@@H](C(=O)NC3CCCC3)c3ccc(F)cc3)n2)o1. The summed E-state index contributed by atoms with van der Waals surface area (Å²) >= 11 is 0. The fraction of sp³-hybridized carbons (Fsp3) is 0.435. The first-order chi connectivity index (χ1) is 16.4. The quantitative estimate of drug-likeness (QED) is 0.490. The van der Waals surface area contributed by atoms with E-state index in [4.69, 9.17) is 4.42 Å². The average Bonchev–Trinajstić information content (AvgIpc) is 3.57. The van der Waals surface area contributed by atoms with Gasteiger partial charge in [-0.1, -0.05) is 25.0 Å². The van der Waals surface area contributed by atoms with Crippen molar-refractivity contribution in [1.82, 2.24) is 30.4 Å². The Hall–Kier alpha value is -3.60. The predicted octanol–water partition coefficient (Wildman–Crippen LogP) is 2.00. The molecule has 0 radical (unpaired) electrons. The smallest absolute Gasteiger partial charge is 0.247 e. The molecule has 2 amide bonds. The minimum atomic E-state index is -1.04. The van der Waals surface area contributed by atoms with Crippen LogP contribution in [0.1, 0.15) is 43.0 Å². The van der Waals surface area contributed by atoms with Crippen molar-refractivity contribution in [3.8, 4) is 11.6 Å². The van der Waals surface area contributed by atoms with Crippen LogP contribution < -0.4 is 5.32 Å². The number of nitrogens with one attached hydrogen (secondary N) is 1. The zero-order valence-corrected chi connectivity index (χ0v) is 18.9. The molecule has 2 aromatic heterocycles. The van der Waals surface area contributed by atoms with Crippen LogP contribution in [-0.4, -0.2) is 61.2 Å². The molecule has 11 heteroatoms. The number of aromatic nitrogens is 4. The van der Waals surface area contributed by atoms with Gasteiger partial charge in [-0.3, -0.25) is 9.59 Å². The zero-order chi connectivity index (χ0) is 24.1. The number of furan rings is 1. The number of carbonyl (C=O) groups excluding carboxylic acids is 2. The Bertz CT molecular complexity index is 1120. The third kappa shape index (κ3) is 5.48. The van der Waals surface area contributed by atoms with Gasteiger partial charge in [0.1, 0.15) is 24.2 Å². The summed E-state index contributed by atoms with van der Waals surface area (Å²) in [6.45, 7) is 1.03. The van der Waals surface area contributed by atoms with E-state index in [-0.39, 0.29) is 37.5 Å². The van der Waals surface area contributed by atoms with Crippen molar-refractivity contribution in [1.29, 1.82) is 0 Å². The maximum atomic E-state index is 13.6. The van der Waals surface area contributed by atoms with Crippen molar-refractivity contribution in [2.45, 2.75) is 51.2 Å². The monoisotopic (exact) mass is 470 g/mol. The van der Waals surface area contributed by atoms with E-state index < -0.39 is 17.8 Å². The molecule has 34 heavy (non-hydrogen) atoms. The number of amides is 2. The largest absolute Gasteiger partial charge is 0.458 e. The normalized spacial score (nSPS) is 14.8. The van der Waals surface area contributed by atoms with Gasteiger partial charge in [-0.15, -0.1) is 10.2 Å². The minimum Gasteiger partial charge on any atom is -0.458 e. The number of nitrogens with zero attached hydrogens (tertiary/aromatic N) is 5. The fourth-order valence-corrected chi connectivity index (χ4v) is 4.15. The summed E-state index contributed by atoms with van der Waals surface area (Å²) in [7, 11) is 0. The third-order valence-corrected chi connectivity index (χ3v) is 5.80. The number of aliphatic hydroxyl groups is 1. The van der Waals surface area contributed by atoms with Crippen LogP contribution in [0.15, 0.2) is 40.8 Å². The second-order valence-corrected chi connectivity index (χ2v) is 8.31. The molecule has 4 rings (SSSR count).